The van der Waals surface area contributed by atoms with Gasteiger partial charge in [-0.05, 0) is 47.5 Å². The highest BCUT2D eigenvalue weighted by Crippen LogP contribution is 2.33. The monoisotopic (exact) mass is 395 g/mol. The van der Waals surface area contributed by atoms with Crippen LogP contribution < -0.4 is 5.46 Å². The zero-order valence-electron chi connectivity index (χ0n) is 18.4. The molecule has 29 heavy (non-hydrogen) atoms. The molecule has 0 spiro atoms. The lowest BCUT2D eigenvalue weighted by Gasteiger charge is -2.40. The highest BCUT2D eigenvalue weighted by molar-refractivity contribution is 6.66. The Labute approximate surface area is 174 Å². The highest BCUT2D eigenvalue weighted by atomic mass is 19.1. The van der Waals surface area contributed by atoms with E-state index in [1.54, 1.807) is 6.07 Å². The molecule has 0 fully saturated rings. The molecule has 0 aliphatic carbocycles. The molecule has 1 amide bonds. The van der Waals surface area contributed by atoms with Crippen LogP contribution in [0.25, 0.3) is 0 Å². The summed E-state index contributed by atoms with van der Waals surface area (Å²) in [5.41, 5.74) is 3.11. The molecule has 0 saturated heterocycles. The summed E-state index contributed by atoms with van der Waals surface area (Å²) in [4.78, 5) is 14.5. The van der Waals surface area contributed by atoms with Crippen LogP contribution in [0.15, 0.2) is 42.5 Å². The maximum Gasteiger partial charge on any atom is 0.327 e. The molecule has 1 heterocycles. The van der Waals surface area contributed by atoms with Gasteiger partial charge in [-0.3, -0.25) is 4.79 Å². The van der Waals surface area contributed by atoms with Gasteiger partial charge < -0.3 is 9.55 Å². The minimum Gasteiger partial charge on any atom is -0.426 e. The van der Waals surface area contributed by atoms with Gasteiger partial charge in [0.15, 0.2) is 0 Å². The SMILES string of the molecule is CB(OC(C)(C)C(C)(C)C)c1ccc(CC(=O)N2Cc3ccccc3C2)cc1F. The number of hydrogen-bond acceptors (Lipinski definition) is 2. The fourth-order valence-corrected chi connectivity index (χ4v) is 3.49. The van der Waals surface area contributed by atoms with Gasteiger partial charge in [-0.1, -0.05) is 64.0 Å². The predicted octanol–water partition coefficient (Wildman–Crippen LogP) is 4.58. The third kappa shape index (κ3) is 4.72. The van der Waals surface area contributed by atoms with Crippen molar-refractivity contribution in [3.8, 4) is 0 Å². The molecule has 0 radical (unpaired) electrons. The van der Waals surface area contributed by atoms with Crippen LogP contribution in [0.4, 0.5) is 4.39 Å². The fraction of sp³-hybridized carbons (Fsp3) is 0.458. The lowest BCUT2D eigenvalue weighted by Crippen LogP contribution is -2.47. The Balaban J connectivity index is 1.66. The minimum atomic E-state index is -0.405. The van der Waals surface area contributed by atoms with E-state index in [0.29, 0.717) is 24.1 Å². The Morgan fingerprint density at radius 2 is 1.66 bits per heavy atom. The molecule has 154 valence electrons. The summed E-state index contributed by atoms with van der Waals surface area (Å²) in [5, 5.41) is 0. The number of benzene rings is 2. The standard InChI is InChI=1S/C24H31BFNO2/c1-23(2,3)24(4,5)29-25(6)20-12-11-17(13-21(20)26)14-22(28)27-15-18-9-7-8-10-19(18)16-27/h7-13H,14-16H2,1-6H3. The molecule has 0 unspecified atom stereocenters. The lowest BCUT2D eigenvalue weighted by molar-refractivity contribution is -0.131. The van der Waals surface area contributed by atoms with Gasteiger partial charge in [-0.15, -0.1) is 0 Å². The van der Waals surface area contributed by atoms with Crippen LogP contribution in [0.5, 0.6) is 0 Å². The quantitative estimate of drug-likeness (QED) is 0.694. The van der Waals surface area contributed by atoms with E-state index in [9.17, 15) is 9.18 Å². The third-order valence-corrected chi connectivity index (χ3v) is 6.33. The molecule has 2 aromatic carbocycles. The van der Waals surface area contributed by atoms with Crippen LogP contribution >= 0.6 is 0 Å². The molecule has 0 bridgehead atoms. The number of nitrogens with zero attached hydrogens (tertiary/aromatic N) is 1. The summed E-state index contributed by atoms with van der Waals surface area (Å²) in [6, 6.07) is 13.1. The number of hydrogen-bond donors (Lipinski definition) is 0. The van der Waals surface area contributed by atoms with E-state index in [0.717, 1.165) is 0 Å². The van der Waals surface area contributed by atoms with Crippen molar-refractivity contribution in [3.63, 3.8) is 0 Å². The van der Waals surface area contributed by atoms with E-state index in [1.165, 1.54) is 17.2 Å². The molecule has 1 aliphatic rings. The van der Waals surface area contributed by atoms with Crippen molar-refractivity contribution in [2.45, 2.75) is 66.6 Å². The van der Waals surface area contributed by atoms with Gasteiger partial charge in [-0.2, -0.15) is 0 Å². The van der Waals surface area contributed by atoms with E-state index in [1.807, 2.05) is 43.8 Å². The highest BCUT2D eigenvalue weighted by Gasteiger charge is 2.36. The van der Waals surface area contributed by atoms with Crippen molar-refractivity contribution in [2.75, 3.05) is 0 Å². The molecule has 3 rings (SSSR count). The first kappa shape index (κ1) is 21.6. The smallest absolute Gasteiger partial charge is 0.327 e. The van der Waals surface area contributed by atoms with Crippen LogP contribution in [0.3, 0.4) is 0 Å². The second-order valence-electron chi connectivity index (χ2n) is 9.57. The van der Waals surface area contributed by atoms with E-state index in [-0.39, 0.29) is 30.5 Å². The summed E-state index contributed by atoms with van der Waals surface area (Å²) in [6.07, 6.45) is 0.202. The predicted molar refractivity (Wildman–Crippen MR) is 117 cm³/mol. The Hall–Kier alpha value is -2.14. The number of amides is 1. The normalized spacial score (nSPS) is 14.1. The largest absolute Gasteiger partial charge is 0.426 e. The first-order valence-electron chi connectivity index (χ1n) is 10.3. The topological polar surface area (TPSA) is 29.5 Å². The third-order valence-electron chi connectivity index (χ3n) is 6.33. The average Bonchev–Trinajstić information content (AvgIpc) is 3.04. The van der Waals surface area contributed by atoms with Crippen LogP contribution in [0.1, 0.15) is 51.3 Å². The molecular weight excluding hydrogens is 364 g/mol. The van der Waals surface area contributed by atoms with Gasteiger partial charge in [0.25, 0.3) is 0 Å². The minimum absolute atomic E-state index is 0.0199. The molecule has 0 aromatic heterocycles. The van der Waals surface area contributed by atoms with Gasteiger partial charge in [0.05, 0.1) is 12.0 Å². The number of halogens is 1. The number of carbonyl (C=O) groups excluding carboxylic acids is 1. The molecule has 0 atom stereocenters. The van der Waals surface area contributed by atoms with Crippen molar-refractivity contribution < 1.29 is 13.8 Å². The summed E-state index contributed by atoms with van der Waals surface area (Å²) in [7, 11) is 0. The second-order valence-corrected chi connectivity index (χ2v) is 9.57. The fourth-order valence-electron chi connectivity index (χ4n) is 3.49. The van der Waals surface area contributed by atoms with Gasteiger partial charge >= 0.3 is 6.92 Å². The van der Waals surface area contributed by atoms with Crippen molar-refractivity contribution in [1.29, 1.82) is 0 Å². The zero-order valence-corrected chi connectivity index (χ0v) is 18.4. The van der Waals surface area contributed by atoms with Crippen LogP contribution in [0, 0.1) is 11.2 Å². The molecule has 5 heteroatoms. The number of fused-ring (bicyclic) bond motifs is 1. The summed E-state index contributed by atoms with van der Waals surface area (Å²) in [6.45, 7) is 13.2. The lowest BCUT2D eigenvalue weighted by atomic mass is 9.61. The second kappa shape index (κ2) is 7.94. The number of rotatable bonds is 5. The molecule has 0 saturated carbocycles. The first-order valence-corrected chi connectivity index (χ1v) is 10.3. The Morgan fingerprint density at radius 3 is 2.17 bits per heavy atom. The van der Waals surface area contributed by atoms with E-state index in [4.69, 9.17) is 4.65 Å². The van der Waals surface area contributed by atoms with Gasteiger partial charge in [-0.25, -0.2) is 4.39 Å². The summed E-state index contributed by atoms with van der Waals surface area (Å²) >= 11 is 0. The summed E-state index contributed by atoms with van der Waals surface area (Å²) in [5.74, 6) is -0.302. The van der Waals surface area contributed by atoms with Crippen molar-refractivity contribution >= 4 is 18.3 Å². The van der Waals surface area contributed by atoms with Crippen molar-refractivity contribution in [2.24, 2.45) is 5.41 Å². The van der Waals surface area contributed by atoms with E-state index < -0.39 is 5.60 Å². The van der Waals surface area contributed by atoms with Crippen LogP contribution in [0.2, 0.25) is 6.82 Å². The molecule has 3 nitrogen and oxygen atoms in total. The molecule has 2 aromatic rings. The molecular formula is C24H31BFNO2. The first-order chi connectivity index (χ1) is 13.5. The van der Waals surface area contributed by atoms with Crippen molar-refractivity contribution in [3.05, 3.63) is 65.0 Å². The van der Waals surface area contributed by atoms with Crippen LogP contribution in [-0.2, 0) is 29.0 Å². The van der Waals surface area contributed by atoms with Gasteiger partial charge in [0, 0.05) is 13.1 Å². The summed E-state index contributed by atoms with van der Waals surface area (Å²) < 4.78 is 21.0. The van der Waals surface area contributed by atoms with Gasteiger partial charge in [0.1, 0.15) is 5.82 Å². The van der Waals surface area contributed by atoms with Crippen LogP contribution in [-0.4, -0.2) is 23.3 Å². The van der Waals surface area contributed by atoms with Crippen molar-refractivity contribution in [1.82, 2.24) is 4.90 Å². The zero-order chi connectivity index (χ0) is 21.4. The average molecular weight is 395 g/mol. The Bertz CT molecular complexity index is 879. The van der Waals surface area contributed by atoms with Gasteiger partial charge in [0.2, 0.25) is 5.91 Å². The van der Waals surface area contributed by atoms with E-state index in [2.05, 4.69) is 32.9 Å². The number of carbonyl (C=O) groups is 1. The molecule has 1 aliphatic heterocycles. The Kier molecular flexibility index (Phi) is 5.91. The van der Waals surface area contributed by atoms with E-state index >= 15 is 0 Å². The molecule has 0 N–H and O–H groups in total. The Morgan fingerprint density at radius 1 is 1.07 bits per heavy atom. The maximum absolute atomic E-state index is 14.8. The maximum atomic E-state index is 14.8.